The summed E-state index contributed by atoms with van der Waals surface area (Å²) < 4.78 is 40.3. The predicted octanol–water partition coefficient (Wildman–Crippen LogP) is 4.62. The molecule has 1 fully saturated rings. The van der Waals surface area contributed by atoms with Crippen LogP contribution >= 0.6 is 35.4 Å². The van der Waals surface area contributed by atoms with Crippen molar-refractivity contribution in [1.29, 1.82) is 0 Å². The first-order valence-electron chi connectivity index (χ1n) is 8.28. The van der Waals surface area contributed by atoms with Crippen LogP contribution in [0.15, 0.2) is 48.7 Å². The van der Waals surface area contributed by atoms with Crippen LogP contribution in [-0.4, -0.2) is 32.9 Å². The third kappa shape index (κ3) is 4.14. The minimum atomic E-state index is -4.62. The zero-order chi connectivity index (χ0) is 22.2. The van der Waals surface area contributed by atoms with Crippen LogP contribution in [0.5, 0.6) is 0 Å². The van der Waals surface area contributed by atoms with Crippen molar-refractivity contribution in [2.45, 2.75) is 6.18 Å². The van der Waals surface area contributed by atoms with Gasteiger partial charge >= 0.3 is 6.18 Å². The quantitative estimate of drug-likeness (QED) is 0.305. The normalized spacial score (nSPS) is 16.2. The summed E-state index contributed by atoms with van der Waals surface area (Å²) in [6.45, 7) is 3.63. The zero-order valence-electron chi connectivity index (χ0n) is 15.0. The molecule has 1 aliphatic heterocycles. The lowest BCUT2D eigenvalue weighted by atomic mass is 10.1. The third-order valence-electron chi connectivity index (χ3n) is 4.16. The van der Waals surface area contributed by atoms with Gasteiger partial charge in [0.25, 0.3) is 11.8 Å². The van der Waals surface area contributed by atoms with E-state index < -0.39 is 23.6 Å². The lowest BCUT2D eigenvalue weighted by Crippen LogP contribution is -2.53. The number of benzene rings is 1. The van der Waals surface area contributed by atoms with Crippen molar-refractivity contribution in [2.24, 2.45) is 0 Å². The average Bonchev–Trinajstić information content (AvgIpc) is 3.08. The van der Waals surface area contributed by atoms with Crippen LogP contribution in [0.1, 0.15) is 11.3 Å². The number of aromatic nitrogens is 1. The summed E-state index contributed by atoms with van der Waals surface area (Å²) in [5, 5.41) is 1.86. The van der Waals surface area contributed by atoms with Gasteiger partial charge in [-0.1, -0.05) is 29.3 Å². The molecule has 2 aromatic rings. The number of nitrogens with zero attached hydrogens (tertiary/aromatic N) is 2. The van der Waals surface area contributed by atoms with Crippen molar-refractivity contribution in [2.75, 3.05) is 6.54 Å². The molecule has 2 amide bonds. The third-order valence-corrected chi connectivity index (χ3v) is 5.05. The summed E-state index contributed by atoms with van der Waals surface area (Å²) in [6, 6.07) is 4.61. The number of hydrogen-bond acceptors (Lipinski definition) is 3. The summed E-state index contributed by atoms with van der Waals surface area (Å²) in [4.78, 5) is 26.1. The van der Waals surface area contributed by atoms with Gasteiger partial charge in [0, 0.05) is 18.4 Å². The Hall–Kier alpha value is -2.62. The highest BCUT2D eigenvalue weighted by Gasteiger charge is 2.34. The number of alkyl halides is 3. The van der Waals surface area contributed by atoms with Crippen molar-refractivity contribution in [3.05, 3.63) is 70.0 Å². The molecular weight excluding hydrogens is 462 g/mol. The Morgan fingerprint density at radius 2 is 1.83 bits per heavy atom. The Balaban J connectivity index is 2.08. The Labute approximate surface area is 184 Å². The van der Waals surface area contributed by atoms with Crippen molar-refractivity contribution >= 4 is 58.4 Å². The number of carbonyl (C=O) groups excluding carboxylic acids is 2. The second-order valence-electron chi connectivity index (χ2n) is 6.11. The van der Waals surface area contributed by atoms with E-state index in [4.69, 9.17) is 35.4 Å². The van der Waals surface area contributed by atoms with Gasteiger partial charge in [-0.25, -0.2) is 0 Å². The average molecular weight is 474 g/mol. The molecule has 0 aliphatic carbocycles. The minimum Gasteiger partial charge on any atom is -0.314 e. The van der Waals surface area contributed by atoms with Crippen LogP contribution in [0, 0.1) is 0 Å². The highest BCUT2D eigenvalue weighted by atomic mass is 35.5. The highest BCUT2D eigenvalue weighted by molar-refractivity contribution is 7.80. The van der Waals surface area contributed by atoms with Gasteiger partial charge in [-0.2, -0.15) is 13.2 Å². The van der Waals surface area contributed by atoms with Crippen molar-refractivity contribution in [1.82, 2.24) is 14.8 Å². The molecule has 0 atom stereocenters. The van der Waals surface area contributed by atoms with E-state index in [2.05, 4.69) is 11.9 Å². The van der Waals surface area contributed by atoms with E-state index in [1.165, 1.54) is 22.9 Å². The monoisotopic (exact) mass is 473 g/mol. The molecule has 1 aliphatic rings. The number of thiocarbonyl (C=S) groups is 1. The number of hydrogen-bond donors (Lipinski definition) is 1. The molecule has 1 aromatic heterocycles. The first-order chi connectivity index (χ1) is 14.0. The van der Waals surface area contributed by atoms with Crippen LogP contribution < -0.4 is 5.32 Å². The first kappa shape index (κ1) is 22.1. The molecule has 0 bridgehead atoms. The molecule has 0 spiro atoms. The largest absolute Gasteiger partial charge is 0.416 e. The molecule has 0 saturated carbocycles. The summed E-state index contributed by atoms with van der Waals surface area (Å²) in [5.74, 6) is -1.34. The van der Waals surface area contributed by atoms with Gasteiger partial charge in [-0.3, -0.25) is 19.8 Å². The van der Waals surface area contributed by atoms with Crippen LogP contribution in [0.4, 0.5) is 13.2 Å². The molecule has 11 heteroatoms. The van der Waals surface area contributed by atoms with E-state index in [0.29, 0.717) is 5.69 Å². The van der Waals surface area contributed by atoms with E-state index in [0.717, 1.165) is 17.0 Å². The first-order valence-corrected chi connectivity index (χ1v) is 9.44. The lowest BCUT2D eigenvalue weighted by Gasteiger charge is -2.27. The van der Waals surface area contributed by atoms with Gasteiger partial charge in [0.05, 0.1) is 21.3 Å². The van der Waals surface area contributed by atoms with Gasteiger partial charge in [-0.05, 0) is 42.6 Å². The zero-order valence-corrected chi connectivity index (χ0v) is 17.3. The SMILES string of the molecule is C=CCN1C(=O)/C(=C/c2cccn2-c2c(Cl)cc(C(F)(F)F)cc2Cl)C(=O)NC1=S. The van der Waals surface area contributed by atoms with Crippen LogP contribution in [-0.2, 0) is 15.8 Å². The van der Waals surface area contributed by atoms with Crippen molar-refractivity contribution in [3.63, 3.8) is 0 Å². The van der Waals surface area contributed by atoms with E-state index >= 15 is 0 Å². The number of carbonyl (C=O) groups is 2. The topological polar surface area (TPSA) is 54.3 Å². The molecule has 2 heterocycles. The van der Waals surface area contributed by atoms with Crippen LogP contribution in [0.25, 0.3) is 11.8 Å². The Morgan fingerprint density at radius 1 is 1.20 bits per heavy atom. The molecule has 1 aromatic carbocycles. The second kappa shape index (κ2) is 8.25. The Morgan fingerprint density at radius 3 is 2.40 bits per heavy atom. The van der Waals surface area contributed by atoms with E-state index in [-0.39, 0.29) is 33.0 Å². The molecule has 156 valence electrons. The lowest BCUT2D eigenvalue weighted by molar-refractivity contribution is -0.137. The van der Waals surface area contributed by atoms with Gasteiger partial charge in [0.1, 0.15) is 5.57 Å². The summed E-state index contributed by atoms with van der Waals surface area (Å²) in [6.07, 6.45) is -0.402. The number of amides is 2. The molecule has 30 heavy (non-hydrogen) atoms. The fraction of sp³-hybridized carbons (Fsp3) is 0.105. The number of rotatable bonds is 4. The van der Waals surface area contributed by atoms with Crippen molar-refractivity contribution < 1.29 is 22.8 Å². The van der Waals surface area contributed by atoms with Crippen LogP contribution in [0.2, 0.25) is 10.0 Å². The number of nitrogens with one attached hydrogen (secondary N) is 1. The van der Waals surface area contributed by atoms with Gasteiger partial charge in [0.15, 0.2) is 5.11 Å². The van der Waals surface area contributed by atoms with Gasteiger partial charge in [-0.15, -0.1) is 6.58 Å². The molecule has 0 unspecified atom stereocenters. The Kier molecular flexibility index (Phi) is 6.07. The fourth-order valence-electron chi connectivity index (χ4n) is 2.81. The van der Waals surface area contributed by atoms with E-state index in [1.807, 2.05) is 0 Å². The minimum absolute atomic E-state index is 0.0498. The molecule has 0 radical (unpaired) electrons. The van der Waals surface area contributed by atoms with Crippen molar-refractivity contribution in [3.8, 4) is 5.69 Å². The van der Waals surface area contributed by atoms with Crippen LogP contribution in [0.3, 0.4) is 0 Å². The van der Waals surface area contributed by atoms with E-state index in [1.54, 1.807) is 12.1 Å². The molecule has 1 saturated heterocycles. The maximum absolute atomic E-state index is 13.0. The predicted molar refractivity (Wildman–Crippen MR) is 111 cm³/mol. The summed E-state index contributed by atoms with van der Waals surface area (Å²) >= 11 is 17.2. The molecular formula is C19H12Cl2F3N3O2S. The Bertz CT molecular complexity index is 1090. The maximum Gasteiger partial charge on any atom is 0.416 e. The number of halogens is 5. The summed E-state index contributed by atoms with van der Waals surface area (Å²) in [7, 11) is 0. The molecule has 1 N–H and O–H groups in total. The smallest absolute Gasteiger partial charge is 0.314 e. The standard InChI is InChI=1S/C19H12Cl2F3N3O2S/c1-2-5-27-17(29)12(16(28)25-18(27)30)9-11-4-3-6-26(11)15-13(20)7-10(8-14(15)21)19(22,23)24/h2-4,6-9H,1,5H2,(H,25,28,30)/b12-9+. The second-order valence-corrected chi connectivity index (χ2v) is 7.31. The summed E-state index contributed by atoms with van der Waals surface area (Å²) in [5.41, 5.74) is -0.845. The fourth-order valence-corrected chi connectivity index (χ4v) is 3.73. The highest BCUT2D eigenvalue weighted by Crippen LogP contribution is 2.38. The molecule has 5 nitrogen and oxygen atoms in total. The molecule has 3 rings (SSSR count). The maximum atomic E-state index is 13.0. The van der Waals surface area contributed by atoms with E-state index in [9.17, 15) is 22.8 Å². The van der Waals surface area contributed by atoms with Gasteiger partial charge in [0.2, 0.25) is 0 Å². The van der Waals surface area contributed by atoms with Gasteiger partial charge < -0.3 is 4.57 Å².